The molecule has 0 spiro atoms. The Morgan fingerprint density at radius 2 is 2.16 bits per heavy atom. The molecule has 0 aromatic carbocycles. The fourth-order valence-electron chi connectivity index (χ4n) is 3.48. The Bertz CT molecular complexity index is 951. The zero-order valence-electron chi connectivity index (χ0n) is 14.0. The zero-order valence-corrected chi connectivity index (χ0v) is 14.8. The zero-order chi connectivity index (χ0) is 17.4. The summed E-state index contributed by atoms with van der Waals surface area (Å²) >= 11 is 1.61. The van der Waals surface area contributed by atoms with Crippen LogP contribution in [0.4, 0.5) is 0 Å². The number of thiophene rings is 1. The summed E-state index contributed by atoms with van der Waals surface area (Å²) in [6, 6.07) is 2.06. The molecule has 0 atom stereocenters. The highest BCUT2D eigenvalue weighted by molar-refractivity contribution is 7.08. The number of hydrogen-bond acceptors (Lipinski definition) is 5. The van der Waals surface area contributed by atoms with E-state index in [9.17, 15) is 9.59 Å². The van der Waals surface area contributed by atoms with Crippen molar-refractivity contribution in [1.82, 2.24) is 24.0 Å². The van der Waals surface area contributed by atoms with E-state index in [0.717, 1.165) is 23.9 Å². The number of aryl methyl sites for hydroxylation is 1. The van der Waals surface area contributed by atoms with Gasteiger partial charge >= 0.3 is 5.69 Å². The summed E-state index contributed by atoms with van der Waals surface area (Å²) in [4.78, 5) is 35.2. The molecule has 8 heteroatoms. The molecule has 1 aliphatic rings. The molecule has 0 radical (unpaired) electrons. The maximum absolute atomic E-state index is 12.6. The number of hydrogen-bond donors (Lipinski definition) is 0. The number of aromatic nitrogens is 4. The molecule has 130 valence electrons. The van der Waals surface area contributed by atoms with Gasteiger partial charge in [-0.2, -0.15) is 11.3 Å². The molecule has 3 aromatic rings. The van der Waals surface area contributed by atoms with E-state index in [2.05, 4.69) is 9.97 Å². The minimum atomic E-state index is -0.0708. The van der Waals surface area contributed by atoms with Gasteiger partial charge in [-0.25, -0.2) is 14.8 Å². The predicted octanol–water partition coefficient (Wildman–Crippen LogP) is 1.60. The van der Waals surface area contributed by atoms with Gasteiger partial charge in [0.1, 0.15) is 11.8 Å². The molecular formula is C17H19N5O2S. The molecule has 0 bridgehead atoms. The van der Waals surface area contributed by atoms with Gasteiger partial charge in [0.05, 0.1) is 12.6 Å². The smallest absolute Gasteiger partial charge is 0.330 e. The van der Waals surface area contributed by atoms with Crippen LogP contribution in [-0.2, 0) is 18.3 Å². The van der Waals surface area contributed by atoms with Crippen molar-refractivity contribution in [3.05, 3.63) is 45.4 Å². The Labute approximate surface area is 148 Å². The molecule has 1 saturated heterocycles. The molecule has 0 aliphatic carbocycles. The van der Waals surface area contributed by atoms with Crippen LogP contribution in [-0.4, -0.2) is 43.0 Å². The summed E-state index contributed by atoms with van der Waals surface area (Å²) in [6.07, 6.45) is 5.12. The molecule has 3 aromatic heterocycles. The van der Waals surface area contributed by atoms with Gasteiger partial charge in [-0.05, 0) is 35.2 Å². The molecule has 25 heavy (non-hydrogen) atoms. The van der Waals surface area contributed by atoms with E-state index >= 15 is 0 Å². The first-order valence-corrected chi connectivity index (χ1v) is 9.25. The lowest BCUT2D eigenvalue weighted by Crippen LogP contribution is -2.41. The quantitative estimate of drug-likeness (QED) is 0.714. The van der Waals surface area contributed by atoms with Crippen LogP contribution in [0.5, 0.6) is 0 Å². The Hall–Kier alpha value is -2.48. The number of rotatable bonds is 3. The number of piperidine rings is 1. The first-order valence-electron chi connectivity index (χ1n) is 8.31. The second-order valence-electron chi connectivity index (χ2n) is 6.36. The van der Waals surface area contributed by atoms with Crippen LogP contribution < -0.4 is 5.69 Å². The molecular weight excluding hydrogens is 338 g/mol. The predicted molar refractivity (Wildman–Crippen MR) is 95.6 cm³/mol. The van der Waals surface area contributed by atoms with Crippen molar-refractivity contribution in [3.8, 4) is 0 Å². The van der Waals surface area contributed by atoms with E-state index in [-0.39, 0.29) is 17.6 Å². The monoisotopic (exact) mass is 357 g/mol. The molecule has 1 aliphatic heterocycles. The molecule has 0 unspecified atom stereocenters. The van der Waals surface area contributed by atoms with Gasteiger partial charge in [0.2, 0.25) is 5.91 Å². The molecule has 1 fully saturated rings. The largest absolute Gasteiger partial charge is 0.342 e. The third kappa shape index (κ3) is 2.86. The van der Waals surface area contributed by atoms with Crippen molar-refractivity contribution in [1.29, 1.82) is 0 Å². The molecule has 1 amide bonds. The lowest BCUT2D eigenvalue weighted by Gasteiger charge is -2.32. The van der Waals surface area contributed by atoms with Crippen molar-refractivity contribution in [2.24, 2.45) is 7.05 Å². The molecule has 4 rings (SSSR count). The summed E-state index contributed by atoms with van der Waals surface area (Å²) in [5.41, 5.74) is 2.41. The topological polar surface area (TPSA) is 73.0 Å². The van der Waals surface area contributed by atoms with E-state index in [1.54, 1.807) is 33.7 Å². The average Bonchev–Trinajstić information content (AvgIpc) is 3.23. The number of fused-ring (bicyclic) bond motifs is 1. The Morgan fingerprint density at radius 3 is 2.88 bits per heavy atom. The highest BCUT2D eigenvalue weighted by atomic mass is 32.1. The van der Waals surface area contributed by atoms with Crippen LogP contribution in [0, 0.1) is 0 Å². The lowest BCUT2D eigenvalue weighted by molar-refractivity contribution is -0.131. The Morgan fingerprint density at radius 1 is 1.36 bits per heavy atom. The summed E-state index contributed by atoms with van der Waals surface area (Å²) in [5.74, 6) is 0.157. The number of carbonyl (C=O) groups is 1. The van der Waals surface area contributed by atoms with E-state index < -0.39 is 0 Å². The lowest BCUT2D eigenvalue weighted by atomic mass is 10.0. The molecule has 7 nitrogen and oxygen atoms in total. The van der Waals surface area contributed by atoms with Crippen molar-refractivity contribution in [2.45, 2.75) is 25.3 Å². The second-order valence-corrected chi connectivity index (χ2v) is 7.14. The van der Waals surface area contributed by atoms with Gasteiger partial charge < -0.3 is 4.90 Å². The molecule has 4 heterocycles. The van der Waals surface area contributed by atoms with Crippen LogP contribution in [0.15, 0.2) is 34.1 Å². The first kappa shape index (κ1) is 16.0. The van der Waals surface area contributed by atoms with Crippen molar-refractivity contribution in [3.63, 3.8) is 0 Å². The number of imidazole rings is 1. The van der Waals surface area contributed by atoms with Crippen LogP contribution in [0.2, 0.25) is 0 Å². The van der Waals surface area contributed by atoms with Crippen LogP contribution in [0.1, 0.15) is 24.4 Å². The van der Waals surface area contributed by atoms with Gasteiger partial charge in [-0.1, -0.05) is 0 Å². The highest BCUT2D eigenvalue weighted by Gasteiger charge is 2.27. The van der Waals surface area contributed by atoms with Gasteiger partial charge in [-0.15, -0.1) is 0 Å². The van der Waals surface area contributed by atoms with Gasteiger partial charge in [-0.3, -0.25) is 13.9 Å². The fraction of sp³-hybridized carbons (Fsp3) is 0.412. The third-order valence-corrected chi connectivity index (χ3v) is 5.60. The molecule has 0 saturated carbocycles. The van der Waals surface area contributed by atoms with E-state index in [1.807, 2.05) is 21.7 Å². The number of amides is 1. The maximum atomic E-state index is 12.6. The first-order chi connectivity index (χ1) is 12.1. The standard InChI is InChI=1S/C17H19N5O2S/c1-20-14-9-18-11-19-16(14)22(17(20)24)13-2-5-21(6-3-13)15(23)8-12-4-7-25-10-12/h4,7,9-11,13H,2-3,5-6,8H2,1H3. The van der Waals surface area contributed by atoms with Gasteiger partial charge in [0, 0.05) is 26.2 Å². The summed E-state index contributed by atoms with van der Waals surface area (Å²) in [6.45, 7) is 1.34. The van der Waals surface area contributed by atoms with Crippen LogP contribution >= 0.6 is 11.3 Å². The fourth-order valence-corrected chi connectivity index (χ4v) is 4.14. The Kier molecular flexibility index (Phi) is 4.12. The summed E-state index contributed by atoms with van der Waals surface area (Å²) in [7, 11) is 1.74. The van der Waals surface area contributed by atoms with E-state index in [4.69, 9.17) is 0 Å². The molecule has 0 N–H and O–H groups in total. The Balaban J connectivity index is 1.50. The second kappa shape index (κ2) is 6.44. The average molecular weight is 357 g/mol. The minimum absolute atomic E-state index is 0.0660. The highest BCUT2D eigenvalue weighted by Crippen LogP contribution is 2.24. The number of nitrogens with zero attached hydrogens (tertiary/aromatic N) is 5. The normalized spacial score (nSPS) is 15.8. The van der Waals surface area contributed by atoms with Gasteiger partial charge in [0.15, 0.2) is 5.65 Å². The number of carbonyl (C=O) groups excluding carboxylic acids is 1. The van der Waals surface area contributed by atoms with Crippen molar-refractivity contribution in [2.75, 3.05) is 13.1 Å². The minimum Gasteiger partial charge on any atom is -0.342 e. The van der Waals surface area contributed by atoms with Crippen molar-refractivity contribution >= 4 is 28.4 Å². The van der Waals surface area contributed by atoms with Crippen molar-refractivity contribution < 1.29 is 4.79 Å². The summed E-state index contributed by atoms with van der Waals surface area (Å²) in [5, 5.41) is 4.00. The SMILES string of the molecule is Cn1c(=O)n(C2CCN(C(=O)Cc3ccsc3)CC2)c2ncncc21. The summed E-state index contributed by atoms with van der Waals surface area (Å²) < 4.78 is 3.35. The maximum Gasteiger partial charge on any atom is 0.330 e. The van der Waals surface area contributed by atoms with E-state index in [0.29, 0.717) is 25.2 Å². The third-order valence-electron chi connectivity index (χ3n) is 4.87. The number of likely N-dealkylation sites (tertiary alicyclic amines) is 1. The van der Waals surface area contributed by atoms with Crippen LogP contribution in [0.25, 0.3) is 11.2 Å². The van der Waals surface area contributed by atoms with E-state index in [1.165, 1.54) is 6.33 Å². The van der Waals surface area contributed by atoms with Crippen LogP contribution in [0.3, 0.4) is 0 Å². The van der Waals surface area contributed by atoms with Gasteiger partial charge in [0.25, 0.3) is 0 Å².